The number of nitrogens with zero attached hydrogens (tertiary/aromatic N) is 5. The Morgan fingerprint density at radius 2 is 1.82 bits per heavy atom. The van der Waals surface area contributed by atoms with E-state index in [1.165, 1.54) is 18.2 Å². The number of halogens is 3. The van der Waals surface area contributed by atoms with Gasteiger partial charge in [0.05, 0.1) is 29.9 Å². The second-order valence-corrected chi connectivity index (χ2v) is 8.54. The molecule has 8 nitrogen and oxygen atoms in total. The van der Waals surface area contributed by atoms with E-state index in [-0.39, 0.29) is 24.1 Å². The molecule has 34 heavy (non-hydrogen) atoms. The number of rotatable bonds is 5. The first-order chi connectivity index (χ1) is 16.3. The van der Waals surface area contributed by atoms with Gasteiger partial charge >= 0.3 is 6.18 Å². The summed E-state index contributed by atoms with van der Waals surface area (Å²) in [5.41, 5.74) is -1.12. The van der Waals surface area contributed by atoms with Crippen LogP contribution in [0.25, 0.3) is 0 Å². The van der Waals surface area contributed by atoms with E-state index in [0.29, 0.717) is 32.7 Å². The summed E-state index contributed by atoms with van der Waals surface area (Å²) < 4.78 is 39.4. The van der Waals surface area contributed by atoms with E-state index in [2.05, 4.69) is 20.2 Å². The van der Waals surface area contributed by atoms with Crippen LogP contribution in [0.1, 0.15) is 18.4 Å². The van der Waals surface area contributed by atoms with Gasteiger partial charge in [0.1, 0.15) is 5.82 Å². The average Bonchev–Trinajstić information content (AvgIpc) is 2.84. The van der Waals surface area contributed by atoms with E-state index >= 15 is 0 Å². The molecule has 1 atom stereocenters. The number of aromatic nitrogens is 2. The number of carbonyl (C=O) groups is 2. The number of carbonyl (C=O) groups excluding carboxylic acids is 2. The molecule has 0 radical (unpaired) electrons. The maximum Gasteiger partial charge on any atom is 0.418 e. The van der Waals surface area contributed by atoms with Crippen molar-refractivity contribution in [1.82, 2.24) is 19.8 Å². The van der Waals surface area contributed by atoms with Gasteiger partial charge in [-0.3, -0.25) is 19.5 Å². The summed E-state index contributed by atoms with van der Waals surface area (Å²) in [7, 11) is 0. The van der Waals surface area contributed by atoms with Gasteiger partial charge in [-0.1, -0.05) is 12.1 Å². The first-order valence-electron chi connectivity index (χ1n) is 11.3. The molecular formula is C23H27F3N6O2. The molecule has 1 aromatic carbocycles. The first-order valence-corrected chi connectivity index (χ1v) is 11.3. The average molecular weight is 477 g/mol. The normalized spacial score (nSPS) is 19.7. The molecule has 1 N–H and O–H groups in total. The van der Waals surface area contributed by atoms with Crippen molar-refractivity contribution < 1.29 is 22.8 Å². The molecule has 0 aliphatic carbocycles. The van der Waals surface area contributed by atoms with Crippen molar-refractivity contribution in [3.05, 3.63) is 48.4 Å². The molecule has 2 amide bonds. The lowest BCUT2D eigenvalue weighted by molar-refractivity contribution is -0.138. The molecule has 0 spiro atoms. The zero-order chi connectivity index (χ0) is 24.1. The van der Waals surface area contributed by atoms with Crippen LogP contribution in [0.5, 0.6) is 0 Å². The Bertz CT molecular complexity index is 996. The maximum atomic E-state index is 13.1. The van der Waals surface area contributed by atoms with Crippen molar-refractivity contribution in [1.29, 1.82) is 0 Å². The molecule has 1 unspecified atom stereocenters. The highest BCUT2D eigenvalue weighted by Crippen LogP contribution is 2.34. The summed E-state index contributed by atoms with van der Waals surface area (Å²) >= 11 is 0. The van der Waals surface area contributed by atoms with Crippen molar-refractivity contribution in [2.45, 2.75) is 19.0 Å². The largest absolute Gasteiger partial charge is 0.418 e. The molecule has 0 saturated carbocycles. The van der Waals surface area contributed by atoms with E-state index in [4.69, 9.17) is 0 Å². The molecule has 2 fully saturated rings. The lowest BCUT2D eigenvalue weighted by Crippen LogP contribution is -2.53. The number of piperidine rings is 1. The number of benzene rings is 1. The lowest BCUT2D eigenvalue weighted by atomic mass is 9.96. The fraction of sp³-hybridized carbons (Fsp3) is 0.478. The smallest absolute Gasteiger partial charge is 0.355 e. The summed E-state index contributed by atoms with van der Waals surface area (Å²) in [6, 6.07) is 4.92. The Morgan fingerprint density at radius 3 is 2.53 bits per heavy atom. The van der Waals surface area contributed by atoms with Gasteiger partial charge in [-0.25, -0.2) is 4.98 Å². The van der Waals surface area contributed by atoms with Gasteiger partial charge in [-0.2, -0.15) is 13.2 Å². The van der Waals surface area contributed by atoms with Gasteiger partial charge in [-0.05, 0) is 25.0 Å². The molecule has 1 aromatic heterocycles. The molecule has 2 aromatic rings. The van der Waals surface area contributed by atoms with Gasteiger partial charge < -0.3 is 15.1 Å². The number of alkyl halides is 3. The van der Waals surface area contributed by atoms with Crippen molar-refractivity contribution >= 4 is 23.3 Å². The highest BCUT2D eigenvalue weighted by atomic mass is 19.4. The summed E-state index contributed by atoms with van der Waals surface area (Å²) in [6.45, 7) is 3.33. The third kappa shape index (κ3) is 5.82. The predicted octanol–water partition coefficient (Wildman–Crippen LogP) is 2.49. The summed E-state index contributed by atoms with van der Waals surface area (Å²) in [5.74, 6) is 0.229. The SMILES string of the molecule is O=C(CN1CCN(C(=O)C2CCCN(c3cnccn3)C2)CC1)Nc1ccccc1C(F)(F)F. The second kappa shape index (κ2) is 10.4. The van der Waals surface area contributed by atoms with Gasteiger partial charge in [0.25, 0.3) is 0 Å². The Kier molecular flexibility index (Phi) is 7.30. The van der Waals surface area contributed by atoms with E-state index in [1.54, 1.807) is 18.6 Å². The van der Waals surface area contributed by atoms with Crippen LogP contribution in [0.3, 0.4) is 0 Å². The van der Waals surface area contributed by atoms with Crippen LogP contribution in [0.4, 0.5) is 24.7 Å². The van der Waals surface area contributed by atoms with Gasteiger partial charge in [-0.15, -0.1) is 0 Å². The van der Waals surface area contributed by atoms with E-state index < -0.39 is 17.6 Å². The minimum Gasteiger partial charge on any atom is -0.355 e. The number of anilines is 2. The molecule has 2 aliphatic rings. The highest BCUT2D eigenvalue weighted by molar-refractivity contribution is 5.93. The molecule has 182 valence electrons. The highest BCUT2D eigenvalue weighted by Gasteiger charge is 2.34. The number of piperazine rings is 1. The number of hydrogen-bond donors (Lipinski definition) is 1. The van der Waals surface area contributed by atoms with Gasteiger partial charge in [0, 0.05) is 51.7 Å². The Labute approximate surface area is 195 Å². The van der Waals surface area contributed by atoms with Crippen LogP contribution in [0.15, 0.2) is 42.9 Å². The first kappa shape index (κ1) is 23.9. The fourth-order valence-corrected chi connectivity index (χ4v) is 4.46. The standard InChI is InChI=1S/C23H27F3N6O2/c24-23(25,26)18-5-1-2-6-19(18)29-21(33)16-30-10-12-31(13-11-30)22(34)17-4-3-9-32(15-17)20-14-27-7-8-28-20/h1-2,5-8,14,17H,3-4,9-13,15-16H2,(H,29,33). The Morgan fingerprint density at radius 1 is 1.06 bits per heavy atom. The molecule has 0 bridgehead atoms. The maximum absolute atomic E-state index is 13.1. The molecule has 3 heterocycles. The van der Waals surface area contributed by atoms with Crippen molar-refractivity contribution in [2.24, 2.45) is 5.92 Å². The second-order valence-electron chi connectivity index (χ2n) is 8.54. The zero-order valence-corrected chi connectivity index (χ0v) is 18.7. The summed E-state index contributed by atoms with van der Waals surface area (Å²) in [6.07, 6.45) is 2.12. The Balaban J connectivity index is 1.26. The molecule has 2 saturated heterocycles. The predicted molar refractivity (Wildman–Crippen MR) is 120 cm³/mol. The van der Waals surface area contributed by atoms with Crippen molar-refractivity contribution in [3.63, 3.8) is 0 Å². The number of amides is 2. The number of para-hydroxylation sites is 1. The van der Waals surface area contributed by atoms with Crippen LogP contribution in [-0.4, -0.2) is 77.4 Å². The number of nitrogens with one attached hydrogen (secondary N) is 1. The van der Waals surface area contributed by atoms with Crippen LogP contribution >= 0.6 is 0 Å². The molecule has 4 rings (SSSR count). The van der Waals surface area contributed by atoms with Gasteiger partial charge in [0.15, 0.2) is 0 Å². The molecule has 11 heteroatoms. The molecule has 2 aliphatic heterocycles. The van der Waals surface area contributed by atoms with E-state index in [0.717, 1.165) is 31.3 Å². The zero-order valence-electron chi connectivity index (χ0n) is 18.7. The van der Waals surface area contributed by atoms with Crippen LogP contribution < -0.4 is 10.2 Å². The molecular weight excluding hydrogens is 449 g/mol. The van der Waals surface area contributed by atoms with Crippen LogP contribution in [-0.2, 0) is 15.8 Å². The van der Waals surface area contributed by atoms with E-state index in [9.17, 15) is 22.8 Å². The van der Waals surface area contributed by atoms with Crippen LogP contribution in [0, 0.1) is 5.92 Å². The summed E-state index contributed by atoms with van der Waals surface area (Å²) in [5, 5.41) is 2.37. The van der Waals surface area contributed by atoms with Crippen molar-refractivity contribution in [3.8, 4) is 0 Å². The third-order valence-electron chi connectivity index (χ3n) is 6.20. The Hall–Kier alpha value is -3.21. The lowest BCUT2D eigenvalue weighted by Gasteiger charge is -2.39. The fourth-order valence-electron chi connectivity index (χ4n) is 4.46. The third-order valence-corrected chi connectivity index (χ3v) is 6.20. The minimum absolute atomic E-state index is 0.0297. The minimum atomic E-state index is -4.54. The van der Waals surface area contributed by atoms with Crippen molar-refractivity contribution in [2.75, 3.05) is 56.0 Å². The number of hydrogen-bond acceptors (Lipinski definition) is 6. The van der Waals surface area contributed by atoms with Gasteiger partial charge in [0.2, 0.25) is 11.8 Å². The van der Waals surface area contributed by atoms with E-state index in [1.807, 2.05) is 9.80 Å². The monoisotopic (exact) mass is 476 g/mol. The van der Waals surface area contributed by atoms with Crippen LogP contribution in [0.2, 0.25) is 0 Å². The topological polar surface area (TPSA) is 81.7 Å². The summed E-state index contributed by atoms with van der Waals surface area (Å²) in [4.78, 5) is 39.6. The quantitative estimate of drug-likeness (QED) is 0.714.